The molecule has 2 aromatic carbocycles. The number of carbonyl (C=O) groups excluding carboxylic acids is 1. The molecule has 1 aliphatic rings. The number of aromatic nitrogens is 1. The summed E-state index contributed by atoms with van der Waals surface area (Å²) >= 11 is 7.68. The van der Waals surface area contributed by atoms with E-state index in [1.807, 2.05) is 41.8 Å². The predicted octanol–water partition coefficient (Wildman–Crippen LogP) is 4.99. The minimum Gasteiger partial charge on any atom is -0.493 e. The van der Waals surface area contributed by atoms with Crippen LogP contribution in [-0.2, 0) is 11.3 Å². The molecule has 7 heteroatoms. The van der Waals surface area contributed by atoms with Crippen molar-refractivity contribution in [1.29, 1.82) is 0 Å². The first-order chi connectivity index (χ1) is 13.2. The van der Waals surface area contributed by atoms with Gasteiger partial charge >= 0.3 is 6.09 Å². The van der Waals surface area contributed by atoms with E-state index >= 15 is 0 Å². The molecule has 1 aromatic heterocycles. The van der Waals surface area contributed by atoms with Gasteiger partial charge in [0, 0.05) is 41.0 Å². The number of nitrogens with zero attached hydrogens (tertiary/aromatic N) is 2. The number of fused-ring (bicyclic) bond motifs is 1. The number of amides is 1. The molecule has 0 N–H and O–H groups in total. The first kappa shape index (κ1) is 18.1. The maximum atomic E-state index is 12.2. The molecule has 1 atom stereocenters. The van der Waals surface area contributed by atoms with Crippen LogP contribution in [0.4, 0.5) is 4.79 Å². The summed E-state index contributed by atoms with van der Waals surface area (Å²) in [5.74, 6) is 1.11. The van der Waals surface area contributed by atoms with Gasteiger partial charge in [0.15, 0.2) is 0 Å². The summed E-state index contributed by atoms with van der Waals surface area (Å²) in [6.07, 6.45) is 2.33. The van der Waals surface area contributed by atoms with E-state index in [-0.39, 0.29) is 12.7 Å². The lowest BCUT2D eigenvalue weighted by atomic mass is 10.1. The van der Waals surface area contributed by atoms with Gasteiger partial charge in [-0.3, -0.25) is 0 Å². The summed E-state index contributed by atoms with van der Waals surface area (Å²) in [6, 6.07) is 11.7. The number of benzene rings is 2. The van der Waals surface area contributed by atoms with Crippen molar-refractivity contribution in [3.63, 3.8) is 0 Å². The highest BCUT2D eigenvalue weighted by molar-refractivity contribution is 7.09. The molecule has 3 aromatic rings. The van der Waals surface area contributed by atoms with E-state index in [4.69, 9.17) is 21.1 Å². The second-order valence-electron chi connectivity index (χ2n) is 6.51. The van der Waals surface area contributed by atoms with Gasteiger partial charge in [-0.05, 0) is 36.1 Å². The standard InChI is InChI=1S/C20H19ClN2O3S/c21-18-3-1-2-15-10-16(4-5-17(15)18)25-12-14-6-8-23(11-14)20(24)26-13-19-22-7-9-27-19/h1-5,7,9-10,14H,6,8,11-13H2. The van der Waals surface area contributed by atoms with Crippen molar-refractivity contribution in [2.75, 3.05) is 19.7 Å². The van der Waals surface area contributed by atoms with Gasteiger partial charge in [0.2, 0.25) is 0 Å². The molecular weight excluding hydrogens is 384 g/mol. The molecule has 0 spiro atoms. The SMILES string of the molecule is O=C(OCc1nccs1)N1CCC(COc2ccc3c(Cl)cccc3c2)C1. The lowest BCUT2D eigenvalue weighted by molar-refractivity contribution is 0.102. The fourth-order valence-electron chi connectivity index (χ4n) is 3.20. The fourth-order valence-corrected chi connectivity index (χ4v) is 3.97. The molecule has 27 heavy (non-hydrogen) atoms. The molecule has 1 saturated heterocycles. The fraction of sp³-hybridized carbons (Fsp3) is 0.300. The van der Waals surface area contributed by atoms with Gasteiger partial charge in [0.05, 0.1) is 6.61 Å². The van der Waals surface area contributed by atoms with E-state index in [0.717, 1.165) is 33.0 Å². The van der Waals surface area contributed by atoms with Crippen molar-refractivity contribution in [3.8, 4) is 5.75 Å². The first-order valence-electron chi connectivity index (χ1n) is 8.80. The molecule has 2 heterocycles. The third-order valence-corrected chi connectivity index (χ3v) is 5.71. The van der Waals surface area contributed by atoms with Gasteiger partial charge in [-0.1, -0.05) is 23.7 Å². The first-order valence-corrected chi connectivity index (χ1v) is 10.1. The monoisotopic (exact) mass is 402 g/mol. The van der Waals surface area contributed by atoms with Crippen molar-refractivity contribution in [3.05, 3.63) is 58.0 Å². The van der Waals surface area contributed by atoms with Gasteiger partial charge < -0.3 is 14.4 Å². The normalized spacial score (nSPS) is 16.6. The van der Waals surface area contributed by atoms with E-state index in [1.165, 1.54) is 11.3 Å². The van der Waals surface area contributed by atoms with E-state index in [0.29, 0.717) is 25.6 Å². The van der Waals surface area contributed by atoms with Crippen LogP contribution < -0.4 is 4.74 Å². The van der Waals surface area contributed by atoms with Crippen LogP contribution in [0.25, 0.3) is 10.8 Å². The minimum absolute atomic E-state index is 0.230. The van der Waals surface area contributed by atoms with E-state index < -0.39 is 0 Å². The molecule has 0 bridgehead atoms. The maximum Gasteiger partial charge on any atom is 0.410 e. The van der Waals surface area contributed by atoms with Crippen LogP contribution >= 0.6 is 22.9 Å². The number of thiazole rings is 1. The lowest BCUT2D eigenvalue weighted by Gasteiger charge is -2.16. The van der Waals surface area contributed by atoms with Crippen molar-refractivity contribution >= 4 is 39.8 Å². The van der Waals surface area contributed by atoms with E-state index in [1.54, 1.807) is 11.1 Å². The number of halogens is 1. The Balaban J connectivity index is 1.28. The molecule has 0 radical (unpaired) electrons. The molecule has 1 fully saturated rings. The van der Waals surface area contributed by atoms with Gasteiger partial charge in [-0.15, -0.1) is 11.3 Å². The molecule has 1 unspecified atom stereocenters. The number of rotatable bonds is 5. The van der Waals surface area contributed by atoms with Crippen LogP contribution in [0.1, 0.15) is 11.4 Å². The summed E-state index contributed by atoms with van der Waals surface area (Å²) in [5.41, 5.74) is 0. The van der Waals surface area contributed by atoms with Gasteiger partial charge in [-0.25, -0.2) is 9.78 Å². The molecule has 4 rings (SSSR count). The number of likely N-dealkylation sites (tertiary alicyclic amines) is 1. The second kappa shape index (κ2) is 8.15. The smallest absolute Gasteiger partial charge is 0.410 e. The van der Waals surface area contributed by atoms with Gasteiger partial charge in [0.1, 0.15) is 17.4 Å². The predicted molar refractivity (Wildman–Crippen MR) is 106 cm³/mol. The second-order valence-corrected chi connectivity index (χ2v) is 7.90. The van der Waals surface area contributed by atoms with Gasteiger partial charge in [0.25, 0.3) is 0 Å². The summed E-state index contributed by atoms with van der Waals surface area (Å²) in [7, 11) is 0. The Morgan fingerprint density at radius 1 is 1.33 bits per heavy atom. The van der Waals surface area contributed by atoms with Crippen molar-refractivity contribution in [1.82, 2.24) is 9.88 Å². The Hall–Kier alpha value is -2.31. The highest BCUT2D eigenvalue weighted by Gasteiger charge is 2.27. The van der Waals surface area contributed by atoms with Crippen LogP contribution in [0.15, 0.2) is 48.0 Å². The summed E-state index contributed by atoms with van der Waals surface area (Å²) in [6.45, 7) is 2.14. The van der Waals surface area contributed by atoms with Crippen LogP contribution in [0, 0.1) is 5.92 Å². The largest absolute Gasteiger partial charge is 0.493 e. The summed E-state index contributed by atoms with van der Waals surface area (Å²) in [5, 5.41) is 5.48. The zero-order valence-corrected chi connectivity index (χ0v) is 16.2. The lowest BCUT2D eigenvalue weighted by Crippen LogP contribution is -2.30. The highest BCUT2D eigenvalue weighted by Crippen LogP contribution is 2.27. The Morgan fingerprint density at radius 2 is 2.26 bits per heavy atom. The quantitative estimate of drug-likeness (QED) is 0.603. The van der Waals surface area contributed by atoms with E-state index in [9.17, 15) is 4.79 Å². The third kappa shape index (κ3) is 4.34. The Labute approximate surface area is 166 Å². The Bertz CT molecular complexity index is 932. The average molecular weight is 403 g/mol. The van der Waals surface area contributed by atoms with Crippen LogP contribution in [0.3, 0.4) is 0 Å². The van der Waals surface area contributed by atoms with Crippen molar-refractivity contribution in [2.24, 2.45) is 5.92 Å². The van der Waals surface area contributed by atoms with Gasteiger partial charge in [-0.2, -0.15) is 0 Å². The summed E-state index contributed by atoms with van der Waals surface area (Å²) in [4.78, 5) is 18.0. The number of hydrogen-bond donors (Lipinski definition) is 0. The highest BCUT2D eigenvalue weighted by atomic mass is 35.5. The molecular formula is C20H19ClN2O3S. The van der Waals surface area contributed by atoms with Crippen LogP contribution in [-0.4, -0.2) is 35.7 Å². The van der Waals surface area contributed by atoms with Crippen molar-refractivity contribution in [2.45, 2.75) is 13.0 Å². The molecule has 140 valence electrons. The zero-order valence-electron chi connectivity index (χ0n) is 14.6. The van der Waals surface area contributed by atoms with Crippen LogP contribution in [0.2, 0.25) is 5.02 Å². The minimum atomic E-state index is -0.284. The Kier molecular flexibility index (Phi) is 5.45. The molecule has 5 nitrogen and oxygen atoms in total. The molecule has 0 aliphatic carbocycles. The average Bonchev–Trinajstić information content (AvgIpc) is 3.36. The van der Waals surface area contributed by atoms with Crippen LogP contribution in [0.5, 0.6) is 5.75 Å². The maximum absolute atomic E-state index is 12.2. The Morgan fingerprint density at radius 3 is 3.11 bits per heavy atom. The molecule has 1 amide bonds. The third-order valence-electron chi connectivity index (χ3n) is 4.63. The van der Waals surface area contributed by atoms with Crippen molar-refractivity contribution < 1.29 is 14.3 Å². The topological polar surface area (TPSA) is 51.7 Å². The molecule has 0 saturated carbocycles. The molecule has 1 aliphatic heterocycles. The number of hydrogen-bond acceptors (Lipinski definition) is 5. The zero-order chi connectivity index (χ0) is 18.6. The number of carbonyl (C=O) groups is 1. The summed E-state index contributed by atoms with van der Waals surface area (Å²) < 4.78 is 11.3. The number of ether oxygens (including phenoxy) is 2. The van der Waals surface area contributed by atoms with E-state index in [2.05, 4.69) is 4.98 Å².